The molecule has 7 nitrogen and oxygen atoms in total. The molecule has 0 aliphatic carbocycles. The van der Waals surface area contributed by atoms with Crippen LogP contribution in [0.3, 0.4) is 0 Å². The molecule has 3 aliphatic rings. The van der Waals surface area contributed by atoms with Gasteiger partial charge in [0.15, 0.2) is 0 Å². The van der Waals surface area contributed by atoms with Crippen LogP contribution < -0.4 is 5.32 Å². The van der Waals surface area contributed by atoms with Crippen LogP contribution in [0.4, 0.5) is 4.39 Å². The van der Waals surface area contributed by atoms with Crippen molar-refractivity contribution < 1.29 is 23.8 Å². The zero-order valence-electron chi connectivity index (χ0n) is 21.3. The van der Waals surface area contributed by atoms with E-state index in [1.807, 2.05) is 12.1 Å². The Labute approximate surface area is 218 Å². The summed E-state index contributed by atoms with van der Waals surface area (Å²) >= 11 is 0. The number of halogens is 1. The van der Waals surface area contributed by atoms with E-state index in [1.165, 1.54) is 11.6 Å². The molecule has 2 aromatic carbocycles. The molecule has 0 aromatic heterocycles. The van der Waals surface area contributed by atoms with Crippen molar-refractivity contribution in [1.82, 2.24) is 15.1 Å². The van der Waals surface area contributed by atoms with Crippen molar-refractivity contribution in [2.24, 2.45) is 0 Å². The first-order valence-electron chi connectivity index (χ1n) is 13.5. The van der Waals surface area contributed by atoms with Gasteiger partial charge in [0.25, 0.3) is 0 Å². The van der Waals surface area contributed by atoms with E-state index in [0.717, 1.165) is 38.9 Å². The predicted molar refractivity (Wildman–Crippen MR) is 138 cm³/mol. The van der Waals surface area contributed by atoms with E-state index in [-0.39, 0.29) is 42.6 Å². The summed E-state index contributed by atoms with van der Waals surface area (Å²) in [6, 6.07) is 17.3. The minimum atomic E-state index is -0.635. The topological polar surface area (TPSA) is 74.3 Å². The van der Waals surface area contributed by atoms with Gasteiger partial charge in [-0.2, -0.15) is 0 Å². The number of rotatable bonds is 7. The lowest BCUT2D eigenvalue weighted by Gasteiger charge is -2.44. The summed E-state index contributed by atoms with van der Waals surface area (Å²) in [5, 5.41) is 13.6. The smallest absolute Gasteiger partial charge is 0.222 e. The van der Waals surface area contributed by atoms with Gasteiger partial charge in [-0.3, -0.25) is 14.6 Å². The molecule has 1 amide bonds. The monoisotopic (exact) mass is 511 g/mol. The zero-order valence-corrected chi connectivity index (χ0v) is 21.3. The number of benzene rings is 2. The standard InChI is InChI=1S/C29H38FN3O4/c30-26-9-5-4-8-22(26)16-33-18-24(34)19-36-20-28-27(33)11-10-25(37-28)14-29(35)31-23-12-13-32(17-23)15-21-6-2-1-3-7-21/h1-9,23-25,27-28,34H,10-20H2,(H,31,35)/t23-,24-,25+,27+,28-/m0/s1. The van der Waals surface area contributed by atoms with Gasteiger partial charge < -0.3 is 19.9 Å². The van der Waals surface area contributed by atoms with Crippen LogP contribution in [0.5, 0.6) is 0 Å². The molecule has 2 N–H and O–H groups in total. The van der Waals surface area contributed by atoms with Crippen molar-refractivity contribution in [3.8, 4) is 0 Å². The number of hydrogen-bond donors (Lipinski definition) is 2. The maximum Gasteiger partial charge on any atom is 0.222 e. The van der Waals surface area contributed by atoms with Crippen molar-refractivity contribution in [3.63, 3.8) is 0 Å². The first kappa shape index (κ1) is 26.3. The molecule has 3 saturated heterocycles. The van der Waals surface area contributed by atoms with E-state index in [2.05, 4.69) is 39.4 Å². The summed E-state index contributed by atoms with van der Waals surface area (Å²) in [4.78, 5) is 17.4. The molecule has 0 radical (unpaired) electrons. The van der Waals surface area contributed by atoms with Crippen molar-refractivity contribution >= 4 is 5.91 Å². The minimum absolute atomic E-state index is 0.00440. The molecule has 0 saturated carbocycles. The van der Waals surface area contributed by atoms with Crippen LogP contribution >= 0.6 is 0 Å². The van der Waals surface area contributed by atoms with Crippen LogP contribution in [-0.4, -0.2) is 84.1 Å². The molecule has 0 bridgehead atoms. The molecule has 5 rings (SSSR count). The fourth-order valence-electron chi connectivity index (χ4n) is 5.90. The number of β-amino-alcohol motifs (C(OH)–C–C–N with tert-alkyl or cyclic N) is 1. The van der Waals surface area contributed by atoms with Crippen molar-refractivity contribution in [2.45, 2.75) is 69.2 Å². The highest BCUT2D eigenvalue weighted by atomic mass is 19.1. The van der Waals surface area contributed by atoms with Gasteiger partial charge in [-0.05, 0) is 30.9 Å². The summed E-state index contributed by atoms with van der Waals surface area (Å²) in [6.45, 7) is 4.10. The number of likely N-dealkylation sites (tertiary alicyclic amines) is 1. The third-order valence-corrected chi connectivity index (χ3v) is 7.72. The second-order valence-corrected chi connectivity index (χ2v) is 10.6. The van der Waals surface area contributed by atoms with Crippen LogP contribution in [-0.2, 0) is 27.4 Å². The first-order chi connectivity index (χ1) is 18.0. The second-order valence-electron chi connectivity index (χ2n) is 10.6. The van der Waals surface area contributed by atoms with E-state index in [1.54, 1.807) is 12.1 Å². The number of aliphatic hydroxyl groups excluding tert-OH is 1. The van der Waals surface area contributed by atoms with Gasteiger partial charge in [-0.25, -0.2) is 4.39 Å². The Morgan fingerprint density at radius 1 is 1.00 bits per heavy atom. The SMILES string of the molecule is O=C(C[C@H]1CC[C@@H]2[C@H](COC[C@@H](O)CN2Cc2ccccc2F)O1)N[C@H]1CCN(Cc2ccccc2)C1. The van der Waals surface area contributed by atoms with Crippen LogP contribution in [0.2, 0.25) is 0 Å². The average Bonchev–Trinajstić information content (AvgIpc) is 3.31. The number of carbonyl (C=O) groups excluding carboxylic acids is 1. The molecule has 0 unspecified atom stereocenters. The molecular weight excluding hydrogens is 473 g/mol. The largest absolute Gasteiger partial charge is 0.389 e. The highest BCUT2D eigenvalue weighted by Crippen LogP contribution is 2.29. The molecule has 5 atom stereocenters. The zero-order chi connectivity index (χ0) is 25.6. The third kappa shape index (κ3) is 7.15. The quantitative estimate of drug-likeness (QED) is 0.596. The van der Waals surface area contributed by atoms with E-state index < -0.39 is 6.10 Å². The molecule has 3 fully saturated rings. The molecule has 37 heavy (non-hydrogen) atoms. The van der Waals surface area contributed by atoms with Gasteiger partial charge in [-0.1, -0.05) is 48.5 Å². The maximum absolute atomic E-state index is 14.4. The summed E-state index contributed by atoms with van der Waals surface area (Å²) in [6.07, 6.45) is 1.80. The maximum atomic E-state index is 14.4. The van der Waals surface area contributed by atoms with E-state index in [9.17, 15) is 14.3 Å². The van der Waals surface area contributed by atoms with E-state index in [4.69, 9.17) is 9.47 Å². The molecule has 2 aromatic rings. The van der Waals surface area contributed by atoms with Gasteiger partial charge in [0.2, 0.25) is 5.91 Å². The Hall–Kier alpha value is -2.36. The minimum Gasteiger partial charge on any atom is -0.389 e. The first-order valence-corrected chi connectivity index (χ1v) is 13.5. The van der Waals surface area contributed by atoms with Crippen molar-refractivity contribution in [2.75, 3.05) is 32.8 Å². The molecule has 3 heterocycles. The molecule has 0 spiro atoms. The lowest BCUT2D eigenvalue weighted by Crippen LogP contribution is -2.55. The van der Waals surface area contributed by atoms with Crippen LogP contribution in [0.1, 0.15) is 36.8 Å². The Morgan fingerprint density at radius 2 is 1.81 bits per heavy atom. The number of aliphatic hydroxyl groups is 1. The average molecular weight is 512 g/mol. The summed E-state index contributed by atoms with van der Waals surface area (Å²) < 4.78 is 26.5. The summed E-state index contributed by atoms with van der Waals surface area (Å²) in [7, 11) is 0. The Kier molecular flexibility index (Phi) is 8.84. The van der Waals surface area contributed by atoms with Crippen LogP contribution in [0.15, 0.2) is 54.6 Å². The van der Waals surface area contributed by atoms with E-state index in [0.29, 0.717) is 31.7 Å². The predicted octanol–water partition coefficient (Wildman–Crippen LogP) is 2.72. The van der Waals surface area contributed by atoms with Crippen molar-refractivity contribution in [1.29, 1.82) is 0 Å². The molecule has 3 aliphatic heterocycles. The molecular formula is C29H38FN3O4. The lowest BCUT2D eigenvalue weighted by atomic mass is 9.94. The Morgan fingerprint density at radius 3 is 2.65 bits per heavy atom. The number of fused-ring (bicyclic) bond motifs is 1. The highest BCUT2D eigenvalue weighted by molar-refractivity contribution is 5.76. The number of carbonyl (C=O) groups is 1. The second kappa shape index (κ2) is 12.5. The van der Waals surface area contributed by atoms with Gasteiger partial charge in [0.05, 0.1) is 37.9 Å². The van der Waals surface area contributed by atoms with Crippen LogP contribution in [0, 0.1) is 5.82 Å². The summed E-state index contributed by atoms with van der Waals surface area (Å²) in [5.74, 6) is -0.215. The normalized spacial score (nSPS) is 29.3. The van der Waals surface area contributed by atoms with Gasteiger partial charge in [0, 0.05) is 50.4 Å². The molecule has 8 heteroatoms. The van der Waals surface area contributed by atoms with Crippen LogP contribution in [0.25, 0.3) is 0 Å². The number of nitrogens with zero attached hydrogens (tertiary/aromatic N) is 2. The van der Waals surface area contributed by atoms with Gasteiger partial charge >= 0.3 is 0 Å². The van der Waals surface area contributed by atoms with Crippen molar-refractivity contribution in [3.05, 3.63) is 71.5 Å². The van der Waals surface area contributed by atoms with Gasteiger partial charge in [0.1, 0.15) is 5.82 Å². The number of nitrogens with one attached hydrogen (secondary N) is 1. The fraction of sp³-hybridized carbons (Fsp3) is 0.552. The van der Waals surface area contributed by atoms with E-state index >= 15 is 0 Å². The fourth-order valence-corrected chi connectivity index (χ4v) is 5.90. The Balaban J connectivity index is 1.13. The van der Waals surface area contributed by atoms with Gasteiger partial charge in [-0.15, -0.1) is 0 Å². The highest BCUT2D eigenvalue weighted by Gasteiger charge is 2.38. The number of ether oxygens (including phenoxy) is 2. The summed E-state index contributed by atoms with van der Waals surface area (Å²) in [5.41, 5.74) is 1.90. The Bertz CT molecular complexity index is 1030. The third-order valence-electron chi connectivity index (χ3n) is 7.72. The lowest BCUT2D eigenvalue weighted by molar-refractivity contribution is -0.158. The number of amides is 1. The molecule has 200 valence electrons. The number of hydrogen-bond acceptors (Lipinski definition) is 6.